The summed E-state index contributed by atoms with van der Waals surface area (Å²) < 4.78 is 2.16. The monoisotopic (exact) mass is 328 g/mol. The van der Waals surface area contributed by atoms with E-state index in [2.05, 4.69) is 31.2 Å². The maximum absolute atomic E-state index is 12.2. The van der Waals surface area contributed by atoms with Crippen molar-refractivity contribution < 1.29 is 0 Å². The van der Waals surface area contributed by atoms with Gasteiger partial charge in [0.2, 0.25) is 0 Å². The van der Waals surface area contributed by atoms with Gasteiger partial charge in [0, 0.05) is 19.6 Å². The Balaban J connectivity index is 2.18. The first kappa shape index (κ1) is 14.5. The summed E-state index contributed by atoms with van der Waals surface area (Å²) in [4.78, 5) is 14.4. The second kappa shape index (κ2) is 6.52. The molecular weight excluding hydrogens is 308 g/mol. The van der Waals surface area contributed by atoms with E-state index in [4.69, 9.17) is 0 Å². The van der Waals surface area contributed by atoms with Crippen LogP contribution in [0.3, 0.4) is 0 Å². The maximum atomic E-state index is 12.2. The minimum Gasteiger partial charge on any atom is -0.369 e. The van der Waals surface area contributed by atoms with Crippen LogP contribution in [0.15, 0.2) is 15.5 Å². The largest absolute Gasteiger partial charge is 0.369 e. The van der Waals surface area contributed by atoms with Crippen LogP contribution >= 0.6 is 15.9 Å². The van der Waals surface area contributed by atoms with E-state index in [1.807, 2.05) is 20.2 Å². The Hall–Kier alpha value is -0.880. The highest BCUT2D eigenvalue weighted by atomic mass is 79.9. The minimum absolute atomic E-state index is 0.0311. The van der Waals surface area contributed by atoms with Gasteiger partial charge in [-0.1, -0.05) is 6.92 Å². The van der Waals surface area contributed by atoms with Gasteiger partial charge in [-0.05, 0) is 48.3 Å². The van der Waals surface area contributed by atoms with E-state index < -0.39 is 0 Å². The first-order valence-electron chi connectivity index (χ1n) is 6.82. The third-order valence-corrected chi connectivity index (χ3v) is 4.27. The van der Waals surface area contributed by atoms with Crippen molar-refractivity contribution in [3.05, 3.63) is 21.0 Å². The van der Waals surface area contributed by atoms with Crippen molar-refractivity contribution in [3.63, 3.8) is 0 Å². The molecule has 1 fully saturated rings. The lowest BCUT2D eigenvalue weighted by Gasteiger charge is -2.20. The van der Waals surface area contributed by atoms with Crippen molar-refractivity contribution in [2.45, 2.75) is 26.3 Å². The van der Waals surface area contributed by atoms with E-state index >= 15 is 0 Å². The Morgan fingerprint density at radius 3 is 3.05 bits per heavy atom. The molecule has 1 aliphatic rings. The third kappa shape index (κ3) is 3.17. The molecule has 5 nitrogen and oxygen atoms in total. The van der Waals surface area contributed by atoms with E-state index in [1.54, 1.807) is 0 Å². The maximum Gasteiger partial charge on any atom is 0.283 e. The van der Waals surface area contributed by atoms with Crippen molar-refractivity contribution >= 4 is 21.6 Å². The average Bonchev–Trinajstić information content (AvgIpc) is 2.84. The molecule has 1 unspecified atom stereocenters. The second-order valence-electron chi connectivity index (χ2n) is 5.03. The van der Waals surface area contributed by atoms with E-state index in [0.29, 0.717) is 16.9 Å². The SMILES string of the molecule is CCCn1ncc(N2CCC(CNC)C2)c(Br)c1=O. The summed E-state index contributed by atoms with van der Waals surface area (Å²) in [6, 6.07) is 0. The smallest absolute Gasteiger partial charge is 0.283 e. The summed E-state index contributed by atoms with van der Waals surface area (Å²) in [6.07, 6.45) is 3.88. The van der Waals surface area contributed by atoms with Crippen LogP contribution in [0.2, 0.25) is 0 Å². The average molecular weight is 329 g/mol. The van der Waals surface area contributed by atoms with Gasteiger partial charge in [-0.3, -0.25) is 4.79 Å². The summed E-state index contributed by atoms with van der Waals surface area (Å²) in [5.41, 5.74) is 0.896. The van der Waals surface area contributed by atoms with Crippen LogP contribution in [0, 0.1) is 5.92 Å². The molecule has 19 heavy (non-hydrogen) atoms. The zero-order chi connectivity index (χ0) is 13.8. The molecule has 1 atom stereocenters. The molecular formula is C13H21BrN4O. The lowest BCUT2D eigenvalue weighted by molar-refractivity contribution is 0.547. The number of halogens is 1. The van der Waals surface area contributed by atoms with Gasteiger partial charge in [-0.15, -0.1) is 0 Å². The molecule has 1 aromatic rings. The zero-order valence-corrected chi connectivity index (χ0v) is 13.1. The number of hydrogen-bond acceptors (Lipinski definition) is 4. The lowest BCUT2D eigenvalue weighted by Crippen LogP contribution is -2.29. The number of nitrogens with one attached hydrogen (secondary N) is 1. The Morgan fingerprint density at radius 2 is 2.37 bits per heavy atom. The van der Waals surface area contributed by atoms with E-state index in [-0.39, 0.29) is 5.56 Å². The molecule has 6 heteroatoms. The summed E-state index contributed by atoms with van der Waals surface area (Å²) in [5, 5.41) is 7.47. The zero-order valence-electron chi connectivity index (χ0n) is 11.5. The van der Waals surface area contributed by atoms with Gasteiger partial charge in [-0.25, -0.2) is 4.68 Å². The van der Waals surface area contributed by atoms with Gasteiger partial charge in [-0.2, -0.15) is 5.10 Å². The van der Waals surface area contributed by atoms with Gasteiger partial charge in [0.05, 0.1) is 11.9 Å². The molecule has 0 radical (unpaired) electrons. The minimum atomic E-state index is -0.0311. The first-order chi connectivity index (χ1) is 9.17. The molecule has 1 saturated heterocycles. The number of anilines is 1. The molecule has 1 aliphatic heterocycles. The summed E-state index contributed by atoms with van der Waals surface area (Å²) in [7, 11) is 1.98. The van der Waals surface area contributed by atoms with Gasteiger partial charge < -0.3 is 10.2 Å². The number of aryl methyl sites for hydroxylation is 1. The predicted octanol–water partition coefficient (Wildman–Crippen LogP) is 1.46. The topological polar surface area (TPSA) is 50.2 Å². The highest BCUT2D eigenvalue weighted by Gasteiger charge is 2.24. The highest BCUT2D eigenvalue weighted by Crippen LogP contribution is 2.27. The van der Waals surface area contributed by atoms with Crippen LogP contribution in [-0.4, -0.2) is 36.5 Å². The Bertz CT molecular complexity index is 488. The fourth-order valence-electron chi connectivity index (χ4n) is 2.55. The quantitative estimate of drug-likeness (QED) is 0.889. The van der Waals surface area contributed by atoms with Crippen LogP contribution in [0.1, 0.15) is 19.8 Å². The normalized spacial score (nSPS) is 19.1. The number of aromatic nitrogens is 2. The summed E-state index contributed by atoms with van der Waals surface area (Å²) in [5.74, 6) is 0.648. The fourth-order valence-corrected chi connectivity index (χ4v) is 3.11. The van der Waals surface area contributed by atoms with Crippen molar-refractivity contribution in [1.82, 2.24) is 15.1 Å². The van der Waals surface area contributed by atoms with E-state index in [0.717, 1.165) is 38.2 Å². The first-order valence-corrected chi connectivity index (χ1v) is 7.61. The van der Waals surface area contributed by atoms with E-state index in [1.165, 1.54) is 4.68 Å². The third-order valence-electron chi connectivity index (χ3n) is 3.52. The molecule has 0 aliphatic carbocycles. The molecule has 2 rings (SSSR count). The molecule has 2 heterocycles. The van der Waals surface area contributed by atoms with Gasteiger partial charge >= 0.3 is 0 Å². The Labute approximate surface area is 122 Å². The molecule has 0 amide bonds. The van der Waals surface area contributed by atoms with Gasteiger partial charge in [0.1, 0.15) is 4.47 Å². The van der Waals surface area contributed by atoms with E-state index in [9.17, 15) is 4.79 Å². The number of hydrogen-bond donors (Lipinski definition) is 1. The van der Waals surface area contributed by atoms with Crippen LogP contribution in [0.4, 0.5) is 5.69 Å². The van der Waals surface area contributed by atoms with Gasteiger partial charge in [0.25, 0.3) is 5.56 Å². The molecule has 0 bridgehead atoms. The number of rotatable bonds is 5. The molecule has 0 spiro atoms. The Morgan fingerprint density at radius 1 is 1.58 bits per heavy atom. The summed E-state index contributed by atoms with van der Waals surface area (Å²) >= 11 is 3.44. The standard InChI is InChI=1S/C13H21BrN4O/c1-3-5-18-13(19)12(14)11(8-16-18)17-6-4-10(9-17)7-15-2/h8,10,15H,3-7,9H2,1-2H3. The molecule has 1 aromatic heterocycles. The van der Waals surface area contributed by atoms with Crippen molar-refractivity contribution in [2.24, 2.45) is 5.92 Å². The Kier molecular flexibility index (Phi) is 4.99. The van der Waals surface area contributed by atoms with Crippen LogP contribution < -0.4 is 15.8 Å². The fraction of sp³-hybridized carbons (Fsp3) is 0.692. The highest BCUT2D eigenvalue weighted by molar-refractivity contribution is 9.10. The van der Waals surface area contributed by atoms with Crippen LogP contribution in [-0.2, 0) is 6.54 Å². The molecule has 1 N–H and O–H groups in total. The number of nitrogens with zero attached hydrogens (tertiary/aromatic N) is 3. The molecule has 0 saturated carbocycles. The lowest BCUT2D eigenvalue weighted by atomic mass is 10.1. The van der Waals surface area contributed by atoms with Crippen molar-refractivity contribution in [2.75, 3.05) is 31.6 Å². The van der Waals surface area contributed by atoms with Crippen molar-refractivity contribution in [1.29, 1.82) is 0 Å². The van der Waals surface area contributed by atoms with Gasteiger partial charge in [0.15, 0.2) is 0 Å². The van der Waals surface area contributed by atoms with Crippen molar-refractivity contribution in [3.8, 4) is 0 Å². The van der Waals surface area contributed by atoms with Crippen LogP contribution in [0.25, 0.3) is 0 Å². The second-order valence-corrected chi connectivity index (χ2v) is 5.82. The van der Waals surface area contributed by atoms with Crippen LogP contribution in [0.5, 0.6) is 0 Å². The molecule has 106 valence electrons. The molecule has 0 aromatic carbocycles. The predicted molar refractivity (Wildman–Crippen MR) is 80.7 cm³/mol. The summed E-state index contributed by atoms with van der Waals surface area (Å²) in [6.45, 7) is 5.70.